The Morgan fingerprint density at radius 3 is 2.41 bits per heavy atom. The van der Waals surface area contributed by atoms with E-state index in [0.29, 0.717) is 47.0 Å². The van der Waals surface area contributed by atoms with Gasteiger partial charge in [-0.3, -0.25) is 4.79 Å². The molecule has 2 aromatic carbocycles. The molecule has 0 aromatic heterocycles. The molecule has 0 saturated carbocycles. The average Bonchev–Trinajstić information content (AvgIpc) is 2.72. The summed E-state index contributed by atoms with van der Waals surface area (Å²) in [4.78, 5) is 17.1. The summed E-state index contributed by atoms with van der Waals surface area (Å²) in [5, 5.41) is 1.93. The van der Waals surface area contributed by atoms with Crippen LogP contribution in [0.2, 0.25) is 15.1 Å². The molecule has 3 nitrogen and oxygen atoms in total. The standard InChI is InChI=1S/C23H27Cl3N2O/c1-3-16(2)4-11-23(29)27-12-13-28(21-10-9-19(25)14-20(21)26)22(15-27)17-5-7-18(24)8-6-17/h5-10,14,16,22H,3-4,11-13,15H2,1-2H3/t16?,22-/m0/s1. The summed E-state index contributed by atoms with van der Waals surface area (Å²) in [5.41, 5.74) is 2.04. The molecule has 0 N–H and O–H groups in total. The highest BCUT2D eigenvalue weighted by Crippen LogP contribution is 2.37. The Kier molecular flexibility index (Phi) is 7.72. The zero-order chi connectivity index (χ0) is 21.0. The average molecular weight is 454 g/mol. The predicted octanol–water partition coefficient (Wildman–Crippen LogP) is 6.86. The van der Waals surface area contributed by atoms with Crippen LogP contribution in [0.15, 0.2) is 42.5 Å². The Balaban J connectivity index is 1.84. The summed E-state index contributed by atoms with van der Waals surface area (Å²) in [6.07, 6.45) is 2.64. The first-order valence-electron chi connectivity index (χ1n) is 10.1. The van der Waals surface area contributed by atoms with Gasteiger partial charge in [-0.1, -0.05) is 67.2 Å². The third kappa shape index (κ3) is 5.59. The van der Waals surface area contributed by atoms with Crippen molar-refractivity contribution in [2.45, 2.75) is 39.2 Å². The minimum atomic E-state index is 0.00670. The number of carbonyl (C=O) groups excluding carboxylic acids is 1. The molecule has 0 spiro atoms. The molecule has 1 unspecified atom stereocenters. The number of amides is 1. The largest absolute Gasteiger partial charge is 0.360 e. The minimum absolute atomic E-state index is 0.00670. The van der Waals surface area contributed by atoms with E-state index in [-0.39, 0.29) is 11.9 Å². The lowest BCUT2D eigenvalue weighted by atomic mass is 9.99. The monoisotopic (exact) mass is 452 g/mol. The Bertz CT molecular complexity index is 841. The van der Waals surface area contributed by atoms with E-state index in [0.717, 1.165) is 24.1 Å². The lowest BCUT2D eigenvalue weighted by Gasteiger charge is -2.43. The molecule has 156 valence electrons. The van der Waals surface area contributed by atoms with Crippen LogP contribution in [-0.2, 0) is 4.79 Å². The molecular formula is C23H27Cl3N2O. The van der Waals surface area contributed by atoms with Gasteiger partial charge in [0.25, 0.3) is 0 Å². The quantitative estimate of drug-likeness (QED) is 0.477. The van der Waals surface area contributed by atoms with Crippen molar-refractivity contribution in [2.75, 3.05) is 24.5 Å². The summed E-state index contributed by atoms with van der Waals surface area (Å²) in [6.45, 7) is 6.39. The molecule has 6 heteroatoms. The molecule has 1 heterocycles. The number of piperazine rings is 1. The van der Waals surface area contributed by atoms with Crippen LogP contribution in [0.5, 0.6) is 0 Å². The van der Waals surface area contributed by atoms with Gasteiger partial charge < -0.3 is 9.80 Å². The molecule has 0 aliphatic carbocycles. The van der Waals surface area contributed by atoms with Crippen LogP contribution in [0.3, 0.4) is 0 Å². The summed E-state index contributed by atoms with van der Waals surface area (Å²) >= 11 is 18.7. The number of halogens is 3. The van der Waals surface area contributed by atoms with E-state index in [1.165, 1.54) is 0 Å². The van der Waals surface area contributed by atoms with E-state index < -0.39 is 0 Å². The normalized spacial score (nSPS) is 18.0. The van der Waals surface area contributed by atoms with Gasteiger partial charge in [0.2, 0.25) is 5.91 Å². The van der Waals surface area contributed by atoms with Crippen molar-refractivity contribution in [3.05, 3.63) is 63.1 Å². The van der Waals surface area contributed by atoms with E-state index in [1.54, 1.807) is 6.07 Å². The van der Waals surface area contributed by atoms with Gasteiger partial charge in [0.15, 0.2) is 0 Å². The van der Waals surface area contributed by atoms with Crippen molar-refractivity contribution >= 4 is 46.4 Å². The van der Waals surface area contributed by atoms with E-state index in [1.807, 2.05) is 41.3 Å². The van der Waals surface area contributed by atoms with Crippen LogP contribution in [0.25, 0.3) is 0 Å². The highest BCUT2D eigenvalue weighted by Gasteiger charge is 2.31. The van der Waals surface area contributed by atoms with E-state index in [4.69, 9.17) is 34.8 Å². The van der Waals surface area contributed by atoms with Crippen LogP contribution < -0.4 is 4.90 Å². The van der Waals surface area contributed by atoms with Gasteiger partial charge in [-0.15, -0.1) is 0 Å². The van der Waals surface area contributed by atoms with Gasteiger partial charge in [0, 0.05) is 36.1 Å². The first kappa shape index (κ1) is 22.3. The van der Waals surface area contributed by atoms with Crippen molar-refractivity contribution in [3.8, 4) is 0 Å². The number of anilines is 1. The van der Waals surface area contributed by atoms with E-state index in [2.05, 4.69) is 18.7 Å². The Labute approximate surface area is 188 Å². The maximum Gasteiger partial charge on any atom is 0.222 e. The number of hydrogen-bond acceptors (Lipinski definition) is 2. The van der Waals surface area contributed by atoms with Crippen LogP contribution in [-0.4, -0.2) is 30.4 Å². The number of nitrogens with zero attached hydrogens (tertiary/aromatic N) is 2. The zero-order valence-electron chi connectivity index (χ0n) is 16.9. The fourth-order valence-corrected chi connectivity index (χ4v) is 4.36. The van der Waals surface area contributed by atoms with E-state index >= 15 is 0 Å². The van der Waals surface area contributed by atoms with Gasteiger partial charge in [-0.2, -0.15) is 0 Å². The molecule has 3 rings (SSSR count). The number of hydrogen-bond donors (Lipinski definition) is 0. The lowest BCUT2D eigenvalue weighted by molar-refractivity contribution is -0.132. The van der Waals surface area contributed by atoms with E-state index in [9.17, 15) is 4.79 Å². The molecule has 1 aliphatic heterocycles. The van der Waals surface area contributed by atoms with Crippen molar-refractivity contribution in [2.24, 2.45) is 5.92 Å². The van der Waals surface area contributed by atoms with Crippen LogP contribution in [0, 0.1) is 5.92 Å². The Hall–Kier alpha value is -1.42. The third-order valence-corrected chi connectivity index (χ3v) is 6.54. The smallest absolute Gasteiger partial charge is 0.222 e. The molecule has 0 bridgehead atoms. The second kappa shape index (κ2) is 10.1. The summed E-state index contributed by atoms with van der Waals surface area (Å²) < 4.78 is 0. The second-order valence-corrected chi connectivity index (χ2v) is 9.03. The molecule has 2 atom stereocenters. The number of rotatable bonds is 6. The third-order valence-electron chi connectivity index (χ3n) is 5.75. The van der Waals surface area contributed by atoms with Crippen LogP contribution >= 0.6 is 34.8 Å². The maximum atomic E-state index is 12.8. The molecule has 1 amide bonds. The van der Waals surface area contributed by atoms with Gasteiger partial charge in [0.05, 0.1) is 16.8 Å². The lowest BCUT2D eigenvalue weighted by Crippen LogP contribution is -2.50. The first-order valence-corrected chi connectivity index (χ1v) is 11.3. The SMILES string of the molecule is CCC(C)CCC(=O)N1CCN(c2ccc(Cl)cc2Cl)[C@H](c2ccc(Cl)cc2)C1. The summed E-state index contributed by atoms with van der Waals surface area (Å²) in [5.74, 6) is 0.797. The van der Waals surface area contributed by atoms with Crippen molar-refractivity contribution < 1.29 is 4.79 Å². The van der Waals surface area contributed by atoms with Gasteiger partial charge in [-0.25, -0.2) is 0 Å². The summed E-state index contributed by atoms with van der Waals surface area (Å²) in [7, 11) is 0. The fourth-order valence-electron chi connectivity index (χ4n) is 3.71. The topological polar surface area (TPSA) is 23.6 Å². The molecule has 1 fully saturated rings. The van der Waals surface area contributed by atoms with Crippen molar-refractivity contribution in [3.63, 3.8) is 0 Å². The van der Waals surface area contributed by atoms with Gasteiger partial charge >= 0.3 is 0 Å². The Morgan fingerprint density at radius 2 is 1.76 bits per heavy atom. The summed E-state index contributed by atoms with van der Waals surface area (Å²) in [6, 6.07) is 13.4. The number of carbonyl (C=O) groups is 1. The molecule has 29 heavy (non-hydrogen) atoms. The molecule has 1 aliphatic rings. The highest BCUT2D eigenvalue weighted by molar-refractivity contribution is 6.36. The number of benzene rings is 2. The Morgan fingerprint density at radius 1 is 1.07 bits per heavy atom. The fraction of sp³-hybridized carbons (Fsp3) is 0.435. The molecule has 2 aromatic rings. The maximum absolute atomic E-state index is 12.8. The predicted molar refractivity (Wildman–Crippen MR) is 123 cm³/mol. The van der Waals surface area contributed by atoms with Crippen LogP contribution in [0.4, 0.5) is 5.69 Å². The molecule has 0 radical (unpaired) electrons. The highest BCUT2D eigenvalue weighted by atomic mass is 35.5. The molecular weight excluding hydrogens is 427 g/mol. The van der Waals surface area contributed by atoms with Gasteiger partial charge in [0.1, 0.15) is 0 Å². The zero-order valence-corrected chi connectivity index (χ0v) is 19.1. The van der Waals surface area contributed by atoms with Crippen molar-refractivity contribution in [1.82, 2.24) is 4.90 Å². The molecule has 1 saturated heterocycles. The minimum Gasteiger partial charge on any atom is -0.360 e. The van der Waals surface area contributed by atoms with Crippen molar-refractivity contribution in [1.29, 1.82) is 0 Å². The second-order valence-electron chi connectivity index (χ2n) is 7.75. The van der Waals surface area contributed by atoms with Gasteiger partial charge in [-0.05, 0) is 48.2 Å². The first-order chi connectivity index (χ1) is 13.9. The van der Waals surface area contributed by atoms with Crippen LogP contribution in [0.1, 0.15) is 44.7 Å².